The molecule has 1 saturated heterocycles. The number of benzene rings is 1. The average Bonchev–Trinajstić information content (AvgIpc) is 3.30. The van der Waals surface area contributed by atoms with Crippen molar-refractivity contribution in [3.8, 4) is 0 Å². The minimum atomic E-state index is -0.860. The van der Waals surface area contributed by atoms with Crippen LogP contribution in [-0.2, 0) is 28.6 Å². The second-order valence-corrected chi connectivity index (χ2v) is 9.99. The first-order valence-corrected chi connectivity index (χ1v) is 13.5. The maximum absolute atomic E-state index is 15.2. The largest absolute Gasteiger partial charge is 0.466 e. The lowest BCUT2D eigenvalue weighted by atomic mass is 9.93. The van der Waals surface area contributed by atoms with Gasteiger partial charge in [0.05, 0.1) is 42.9 Å². The number of ether oxygens (including phenoxy) is 3. The molecule has 0 aliphatic carbocycles. The van der Waals surface area contributed by atoms with E-state index in [-0.39, 0.29) is 48.6 Å². The average molecular weight is 546 g/mol. The summed E-state index contributed by atoms with van der Waals surface area (Å²) in [6.45, 7) is 4.85. The van der Waals surface area contributed by atoms with Crippen LogP contribution in [0.25, 0.3) is 0 Å². The van der Waals surface area contributed by atoms with Gasteiger partial charge in [-0.2, -0.15) is 0 Å². The van der Waals surface area contributed by atoms with Crippen LogP contribution in [0.2, 0.25) is 0 Å². The van der Waals surface area contributed by atoms with Gasteiger partial charge in [-0.3, -0.25) is 9.59 Å². The second kappa shape index (κ2) is 12.6. The molecular formula is C27H32FN3O6S. The summed E-state index contributed by atoms with van der Waals surface area (Å²) >= 11 is 1.32. The summed E-state index contributed by atoms with van der Waals surface area (Å²) in [4.78, 5) is 46.9. The van der Waals surface area contributed by atoms with Gasteiger partial charge in [-0.15, -0.1) is 0 Å². The van der Waals surface area contributed by atoms with Crippen LogP contribution in [0, 0.1) is 11.7 Å². The van der Waals surface area contributed by atoms with Crippen LogP contribution in [0.5, 0.6) is 0 Å². The number of hydrogen-bond donors (Lipinski definition) is 0. The number of carbonyl (C=O) groups is 3. The lowest BCUT2D eigenvalue weighted by Gasteiger charge is -2.37. The fourth-order valence-electron chi connectivity index (χ4n) is 4.84. The summed E-state index contributed by atoms with van der Waals surface area (Å²) < 4.78 is 30.7. The van der Waals surface area contributed by atoms with Crippen molar-refractivity contribution in [1.82, 2.24) is 9.80 Å². The van der Waals surface area contributed by atoms with Gasteiger partial charge in [0.2, 0.25) is 5.91 Å². The van der Waals surface area contributed by atoms with Crippen LogP contribution in [0.3, 0.4) is 0 Å². The highest BCUT2D eigenvalue weighted by atomic mass is 32.2. The fourth-order valence-corrected chi connectivity index (χ4v) is 5.80. The number of nitrogens with zero attached hydrogens (tertiary/aromatic N) is 3. The van der Waals surface area contributed by atoms with Crippen LogP contribution in [0.15, 0.2) is 51.6 Å². The highest BCUT2D eigenvalue weighted by Gasteiger charge is 2.42. The predicted molar refractivity (Wildman–Crippen MR) is 140 cm³/mol. The maximum Gasteiger partial charge on any atom is 0.338 e. The second-order valence-electron chi connectivity index (χ2n) is 9.15. The van der Waals surface area contributed by atoms with E-state index in [1.54, 1.807) is 41.8 Å². The maximum atomic E-state index is 15.2. The van der Waals surface area contributed by atoms with Crippen molar-refractivity contribution in [2.75, 3.05) is 40.0 Å². The van der Waals surface area contributed by atoms with Crippen LogP contribution in [0.4, 0.5) is 4.39 Å². The van der Waals surface area contributed by atoms with Crippen LogP contribution >= 0.6 is 11.8 Å². The summed E-state index contributed by atoms with van der Waals surface area (Å²) in [7, 11) is 1.50. The summed E-state index contributed by atoms with van der Waals surface area (Å²) in [5, 5.41) is 2.36. The molecule has 4 rings (SSSR count). The third-order valence-corrected chi connectivity index (χ3v) is 7.56. The molecule has 204 valence electrons. The number of amidine groups is 1. The Morgan fingerprint density at radius 1 is 1.18 bits per heavy atom. The lowest BCUT2D eigenvalue weighted by molar-refractivity contribution is -0.151. The molecule has 2 atom stereocenters. The van der Waals surface area contributed by atoms with E-state index in [9.17, 15) is 14.4 Å². The molecule has 1 aromatic rings. The molecule has 0 bridgehead atoms. The Hall–Kier alpha value is -3.18. The third-order valence-electron chi connectivity index (χ3n) is 6.67. The highest BCUT2D eigenvalue weighted by molar-refractivity contribution is 8.16. The van der Waals surface area contributed by atoms with E-state index in [0.29, 0.717) is 49.1 Å². The molecular weight excluding hydrogens is 513 g/mol. The first-order chi connectivity index (χ1) is 18.3. The van der Waals surface area contributed by atoms with Crippen molar-refractivity contribution >= 4 is 34.8 Å². The minimum Gasteiger partial charge on any atom is -0.466 e. The molecule has 0 aromatic heterocycles. The molecule has 1 aromatic carbocycles. The minimum absolute atomic E-state index is 0.0115. The number of carbonyl (C=O) groups excluding carboxylic acids is 3. The van der Waals surface area contributed by atoms with Gasteiger partial charge in [0.1, 0.15) is 12.4 Å². The molecule has 9 nitrogen and oxygen atoms in total. The number of esters is 2. The molecule has 3 aliphatic rings. The number of halogens is 1. The number of allylic oxidation sites excluding steroid dienone is 1. The Morgan fingerprint density at radius 3 is 2.71 bits per heavy atom. The summed E-state index contributed by atoms with van der Waals surface area (Å²) in [6.07, 6.45) is 1.40. The molecule has 11 heteroatoms. The molecule has 3 heterocycles. The van der Waals surface area contributed by atoms with Crippen LogP contribution in [-0.4, -0.2) is 72.8 Å². The molecule has 1 fully saturated rings. The van der Waals surface area contributed by atoms with Gasteiger partial charge in [-0.05, 0) is 38.2 Å². The Kier molecular flexibility index (Phi) is 9.22. The zero-order valence-corrected chi connectivity index (χ0v) is 22.6. The highest BCUT2D eigenvalue weighted by Crippen LogP contribution is 2.45. The van der Waals surface area contributed by atoms with Crippen molar-refractivity contribution in [2.24, 2.45) is 10.9 Å². The van der Waals surface area contributed by atoms with Gasteiger partial charge in [-0.25, -0.2) is 14.2 Å². The van der Waals surface area contributed by atoms with E-state index in [1.165, 1.54) is 24.9 Å². The molecule has 0 radical (unpaired) electrons. The van der Waals surface area contributed by atoms with Crippen LogP contribution < -0.4 is 0 Å². The van der Waals surface area contributed by atoms with Gasteiger partial charge < -0.3 is 24.0 Å². The molecule has 0 saturated carbocycles. The molecule has 0 N–H and O–H groups in total. The number of piperidine rings is 1. The van der Waals surface area contributed by atoms with Gasteiger partial charge in [0, 0.05) is 31.5 Å². The third kappa shape index (κ3) is 5.94. The van der Waals surface area contributed by atoms with Gasteiger partial charge in [0.25, 0.3) is 0 Å². The lowest BCUT2D eigenvalue weighted by Crippen LogP contribution is -2.44. The van der Waals surface area contributed by atoms with E-state index >= 15 is 4.39 Å². The van der Waals surface area contributed by atoms with Gasteiger partial charge in [-0.1, -0.05) is 30.0 Å². The molecule has 38 heavy (non-hydrogen) atoms. The summed E-state index contributed by atoms with van der Waals surface area (Å²) in [5.74, 6) is -1.90. The first-order valence-electron chi connectivity index (χ1n) is 12.6. The first kappa shape index (κ1) is 27.8. The Labute approximate surface area is 225 Å². The summed E-state index contributed by atoms with van der Waals surface area (Å²) in [6, 6.07) is 5.38. The smallest absolute Gasteiger partial charge is 0.338 e. The number of thioether (sulfide) groups is 1. The number of likely N-dealkylation sites (tertiary alicyclic amines) is 1. The standard InChI is InChI=1S/C27H32FN3O6S/c1-4-36-25(33)18-8-7-11-30(15-18)22(32)14-19-16-38-27-29-17(2)23(26(34)37-13-12-35-3)24(31(19)27)20-9-5-6-10-21(20)28/h5-6,9-10,16,18,24H,4,7-8,11-15H2,1-3H3/t18-,24+/m0/s1. The number of methoxy groups -OCH3 is 1. The molecule has 0 spiro atoms. The topological polar surface area (TPSA) is 97.7 Å². The van der Waals surface area contributed by atoms with E-state index in [0.717, 1.165) is 0 Å². The Morgan fingerprint density at radius 2 is 1.97 bits per heavy atom. The number of aliphatic imine (C=N–C) groups is 1. The van der Waals surface area contributed by atoms with Gasteiger partial charge >= 0.3 is 11.9 Å². The number of fused-ring (bicyclic) bond motifs is 1. The zero-order chi connectivity index (χ0) is 27.2. The Balaban J connectivity index is 1.60. The van der Waals surface area contributed by atoms with Crippen LogP contribution in [0.1, 0.15) is 44.7 Å². The number of amides is 1. The number of hydrogen-bond acceptors (Lipinski definition) is 9. The molecule has 3 aliphatic heterocycles. The van der Waals surface area contributed by atoms with Crippen molar-refractivity contribution in [3.05, 3.63) is 58.0 Å². The SMILES string of the molecule is CCOC(=O)[C@H]1CCCN(C(=O)CC2=CSC3=NC(C)=C(C(=O)OCCOC)[C@@H](c4ccccc4F)N23)C1. The molecule has 0 unspecified atom stereocenters. The number of rotatable bonds is 9. The normalized spacial score (nSPS) is 21.1. The van der Waals surface area contributed by atoms with Gasteiger partial charge in [0.15, 0.2) is 5.17 Å². The van der Waals surface area contributed by atoms with E-state index in [4.69, 9.17) is 14.2 Å². The van der Waals surface area contributed by atoms with E-state index in [2.05, 4.69) is 4.99 Å². The summed E-state index contributed by atoms with van der Waals surface area (Å²) in [5.41, 5.74) is 1.50. The Bertz CT molecular complexity index is 1180. The molecule has 1 amide bonds. The predicted octanol–water partition coefficient (Wildman–Crippen LogP) is 3.78. The van der Waals surface area contributed by atoms with E-state index in [1.807, 2.05) is 5.41 Å². The quantitative estimate of drug-likeness (QED) is 0.342. The van der Waals surface area contributed by atoms with Crippen molar-refractivity contribution in [3.63, 3.8) is 0 Å². The van der Waals surface area contributed by atoms with E-state index < -0.39 is 17.8 Å². The monoisotopic (exact) mass is 545 g/mol. The van der Waals surface area contributed by atoms with Crippen molar-refractivity contribution < 1.29 is 33.0 Å². The van der Waals surface area contributed by atoms with Crippen molar-refractivity contribution in [2.45, 2.75) is 39.2 Å². The zero-order valence-electron chi connectivity index (χ0n) is 21.8. The van der Waals surface area contributed by atoms with Crippen molar-refractivity contribution in [1.29, 1.82) is 0 Å². The fraction of sp³-hybridized carbons (Fsp3) is 0.481.